The zero-order valence-corrected chi connectivity index (χ0v) is 30.2. The fraction of sp³-hybridized carbons (Fsp3) is 1.00. The molecule has 0 aromatic carbocycles. The Morgan fingerprint density at radius 1 is 0.273 bits per heavy atom. The molecule has 4 nitrogen and oxygen atoms in total. The molecule has 0 radical (unpaired) electrons. The van der Waals surface area contributed by atoms with Gasteiger partial charge in [0.15, 0.2) is 0 Å². The number of hydrogen-bond donors (Lipinski definition) is 0. The van der Waals surface area contributed by atoms with Crippen LogP contribution in [0.5, 0.6) is 0 Å². The molecule has 0 aromatic rings. The molecule has 33 heavy (non-hydrogen) atoms. The Kier molecular flexibility index (Phi) is 33.8. The standard InChI is InChI=1S/4C6H15OSi.Ti/c4*1-4-8(7,5-2)6-3;/h4*4-6H2,1-3H3;/q4*-1;+4. The molecule has 0 aliphatic heterocycles. The first-order valence-electron chi connectivity index (χ1n) is 13.5. The van der Waals surface area contributed by atoms with Gasteiger partial charge in [-0.25, -0.2) is 0 Å². The molecule has 0 fully saturated rings. The summed E-state index contributed by atoms with van der Waals surface area (Å²) in [5.74, 6) is 0. The van der Waals surface area contributed by atoms with Gasteiger partial charge in [-0.15, -0.1) is 0 Å². The van der Waals surface area contributed by atoms with E-state index in [-0.39, 0.29) is 21.7 Å². The van der Waals surface area contributed by atoms with Gasteiger partial charge in [0.1, 0.15) is 0 Å². The zero-order valence-electron chi connectivity index (χ0n) is 24.6. The predicted octanol–water partition coefficient (Wildman–Crippen LogP) is 5.41. The van der Waals surface area contributed by atoms with Gasteiger partial charge in [0, 0.05) is 0 Å². The summed E-state index contributed by atoms with van der Waals surface area (Å²) >= 11 is 0. The van der Waals surface area contributed by atoms with E-state index in [0.717, 1.165) is 72.5 Å². The molecule has 0 aliphatic rings. The van der Waals surface area contributed by atoms with Crippen molar-refractivity contribution in [2.24, 2.45) is 0 Å². The summed E-state index contributed by atoms with van der Waals surface area (Å²) < 4.78 is 0. The number of hydrogen-bond acceptors (Lipinski definition) is 4. The van der Waals surface area contributed by atoms with E-state index in [1.165, 1.54) is 0 Å². The minimum absolute atomic E-state index is 0. The van der Waals surface area contributed by atoms with Crippen LogP contribution >= 0.6 is 0 Å². The Morgan fingerprint density at radius 2 is 0.333 bits per heavy atom. The summed E-state index contributed by atoms with van der Waals surface area (Å²) in [6.45, 7) is 24.2. The maximum atomic E-state index is 11.3. The second-order valence-corrected chi connectivity index (χ2v) is 26.9. The molecule has 200 valence electrons. The first-order chi connectivity index (χ1) is 14.7. The van der Waals surface area contributed by atoms with Crippen molar-refractivity contribution in [2.45, 2.75) is 156 Å². The van der Waals surface area contributed by atoms with Gasteiger partial charge in [-0.05, 0) is 33.3 Å². The third kappa shape index (κ3) is 23.6. The van der Waals surface area contributed by atoms with Gasteiger partial charge in [-0.2, -0.15) is 0 Å². The van der Waals surface area contributed by atoms with Crippen molar-refractivity contribution >= 4 is 33.3 Å². The molecule has 0 spiro atoms. The average Bonchev–Trinajstić information content (AvgIpc) is 2.87. The van der Waals surface area contributed by atoms with Gasteiger partial charge in [-0.3, -0.25) is 0 Å². The summed E-state index contributed by atoms with van der Waals surface area (Å²) in [6, 6.07) is 10.8. The second-order valence-electron chi connectivity index (χ2n) is 8.97. The van der Waals surface area contributed by atoms with E-state index in [0.29, 0.717) is 0 Å². The summed E-state index contributed by atoms with van der Waals surface area (Å²) in [5.41, 5.74) is 0. The van der Waals surface area contributed by atoms with Crippen LogP contribution in [0.1, 0.15) is 83.1 Å². The van der Waals surface area contributed by atoms with Crippen molar-refractivity contribution < 1.29 is 40.9 Å². The summed E-state index contributed by atoms with van der Waals surface area (Å²) in [4.78, 5) is 45.4. The number of rotatable bonds is 12. The van der Waals surface area contributed by atoms with E-state index in [1.54, 1.807) is 0 Å². The Hall–Kier alpha value is 1.42. The van der Waals surface area contributed by atoms with Crippen molar-refractivity contribution in [2.75, 3.05) is 0 Å². The molecule has 9 heteroatoms. The first kappa shape index (κ1) is 44.4. The Balaban J connectivity index is -0.000000105. The summed E-state index contributed by atoms with van der Waals surface area (Å²) in [7, 11) is -7.69. The van der Waals surface area contributed by atoms with Crippen molar-refractivity contribution in [1.82, 2.24) is 0 Å². The predicted molar refractivity (Wildman–Crippen MR) is 149 cm³/mol. The van der Waals surface area contributed by atoms with Crippen LogP contribution in [0.2, 0.25) is 72.5 Å². The molecule has 0 saturated heterocycles. The van der Waals surface area contributed by atoms with Gasteiger partial charge in [-0.1, -0.05) is 156 Å². The largest absolute Gasteiger partial charge is 4.00 e. The third-order valence-corrected chi connectivity index (χ3v) is 23.2. The molecular weight excluding hydrogens is 512 g/mol. The fourth-order valence-corrected chi connectivity index (χ4v) is 9.00. The third-order valence-electron chi connectivity index (χ3n) is 7.73. The first-order valence-corrected chi connectivity index (χ1v) is 23.7. The molecule has 0 aromatic heterocycles. The Morgan fingerprint density at radius 3 is 0.333 bits per heavy atom. The van der Waals surface area contributed by atoms with E-state index >= 15 is 0 Å². The molecular formula is C24H60O4Si4Ti. The van der Waals surface area contributed by atoms with Crippen LogP contribution in [-0.2, 0) is 21.7 Å². The van der Waals surface area contributed by atoms with E-state index in [1.807, 2.05) is 83.1 Å². The molecule has 0 unspecified atom stereocenters. The molecule has 0 N–H and O–H groups in total. The van der Waals surface area contributed by atoms with Crippen LogP contribution in [0, 0.1) is 0 Å². The molecule has 0 bridgehead atoms. The quantitative estimate of drug-likeness (QED) is 0.293. The average molecular weight is 573 g/mol. The van der Waals surface area contributed by atoms with Gasteiger partial charge in [0.05, 0.1) is 0 Å². The molecule has 0 amide bonds. The van der Waals surface area contributed by atoms with Gasteiger partial charge < -0.3 is 19.2 Å². The van der Waals surface area contributed by atoms with E-state index in [4.69, 9.17) is 0 Å². The van der Waals surface area contributed by atoms with Gasteiger partial charge >= 0.3 is 21.7 Å². The van der Waals surface area contributed by atoms with Crippen LogP contribution in [0.3, 0.4) is 0 Å². The zero-order chi connectivity index (χ0) is 26.5. The van der Waals surface area contributed by atoms with Crippen LogP contribution in [-0.4, -0.2) is 33.3 Å². The minimum Gasteiger partial charge on any atom is -0.858 e. The van der Waals surface area contributed by atoms with Gasteiger partial charge in [0.25, 0.3) is 0 Å². The van der Waals surface area contributed by atoms with E-state index < -0.39 is 33.3 Å². The van der Waals surface area contributed by atoms with Crippen molar-refractivity contribution in [1.29, 1.82) is 0 Å². The monoisotopic (exact) mass is 572 g/mol. The molecule has 0 saturated carbocycles. The van der Waals surface area contributed by atoms with E-state index in [9.17, 15) is 19.2 Å². The topological polar surface area (TPSA) is 92.2 Å². The fourth-order valence-electron chi connectivity index (χ4n) is 3.00. The normalized spacial score (nSPS) is 11.6. The molecule has 0 aliphatic carbocycles. The molecule has 0 heterocycles. The summed E-state index contributed by atoms with van der Waals surface area (Å²) in [6.07, 6.45) is 0. The molecule has 0 rings (SSSR count). The molecule has 0 atom stereocenters. The van der Waals surface area contributed by atoms with Crippen molar-refractivity contribution in [3.05, 3.63) is 0 Å². The van der Waals surface area contributed by atoms with Crippen molar-refractivity contribution in [3.8, 4) is 0 Å². The maximum absolute atomic E-state index is 11.3. The summed E-state index contributed by atoms with van der Waals surface area (Å²) in [5, 5.41) is 0. The smallest absolute Gasteiger partial charge is 0.858 e. The van der Waals surface area contributed by atoms with Crippen LogP contribution in [0.15, 0.2) is 0 Å². The van der Waals surface area contributed by atoms with Crippen LogP contribution in [0.25, 0.3) is 0 Å². The van der Waals surface area contributed by atoms with Crippen LogP contribution < -0.4 is 19.2 Å². The Labute approximate surface area is 228 Å². The van der Waals surface area contributed by atoms with Gasteiger partial charge in [0.2, 0.25) is 0 Å². The minimum atomic E-state index is -1.92. The Bertz CT molecular complexity index is 284. The SMILES string of the molecule is CC[Si]([O-])(CC)CC.CC[Si]([O-])(CC)CC.CC[Si]([O-])(CC)CC.CC[Si]([O-])(CC)CC.[Ti+4]. The van der Waals surface area contributed by atoms with Crippen molar-refractivity contribution in [3.63, 3.8) is 0 Å². The maximum Gasteiger partial charge on any atom is 4.00 e. The van der Waals surface area contributed by atoms with Crippen LogP contribution in [0.4, 0.5) is 0 Å². The second kappa shape index (κ2) is 25.1. The van der Waals surface area contributed by atoms with E-state index in [2.05, 4.69) is 0 Å².